The first-order valence-electron chi connectivity index (χ1n) is 5.67. The minimum atomic E-state index is -1.13. The van der Waals surface area contributed by atoms with E-state index in [1.807, 2.05) is 13.8 Å². The maximum Gasteiger partial charge on any atom is 0.312 e. The highest BCUT2D eigenvalue weighted by atomic mass is 16.5. The first-order chi connectivity index (χ1) is 8.45. The van der Waals surface area contributed by atoms with Crippen molar-refractivity contribution in [3.63, 3.8) is 0 Å². The molecule has 0 saturated carbocycles. The van der Waals surface area contributed by atoms with Gasteiger partial charge in [-0.3, -0.25) is 9.59 Å². The standard InChI is InChI=1S/C13H17NO4/c1-4-18-11-6-5-10(7-9(11)2)14(3)12(15)8-13(16)17/h5-7H,4,8H2,1-3H3,(H,16,17). The van der Waals surface area contributed by atoms with Crippen LogP contribution in [-0.2, 0) is 9.59 Å². The fraction of sp³-hybridized carbons (Fsp3) is 0.385. The maximum atomic E-state index is 11.6. The first kappa shape index (κ1) is 14.0. The Labute approximate surface area is 106 Å². The fourth-order valence-corrected chi connectivity index (χ4v) is 1.55. The van der Waals surface area contributed by atoms with E-state index in [0.717, 1.165) is 11.3 Å². The Bertz CT molecular complexity index is 456. The molecule has 5 heteroatoms. The third-order valence-electron chi connectivity index (χ3n) is 2.52. The summed E-state index contributed by atoms with van der Waals surface area (Å²) < 4.78 is 5.40. The Hall–Kier alpha value is -2.04. The van der Waals surface area contributed by atoms with Crippen LogP contribution in [0.15, 0.2) is 18.2 Å². The number of hydrogen-bond acceptors (Lipinski definition) is 3. The zero-order chi connectivity index (χ0) is 13.7. The van der Waals surface area contributed by atoms with Crippen molar-refractivity contribution in [3.8, 4) is 5.75 Å². The molecule has 0 aliphatic rings. The van der Waals surface area contributed by atoms with E-state index in [9.17, 15) is 9.59 Å². The lowest BCUT2D eigenvalue weighted by Gasteiger charge is -2.18. The van der Waals surface area contributed by atoms with Gasteiger partial charge in [-0.05, 0) is 37.6 Å². The summed E-state index contributed by atoms with van der Waals surface area (Å²) >= 11 is 0. The first-order valence-corrected chi connectivity index (χ1v) is 5.67. The molecule has 0 aliphatic carbocycles. The lowest BCUT2D eigenvalue weighted by molar-refractivity contribution is -0.140. The minimum Gasteiger partial charge on any atom is -0.494 e. The number of anilines is 1. The highest BCUT2D eigenvalue weighted by Crippen LogP contribution is 2.24. The molecule has 1 amide bonds. The molecule has 0 aliphatic heterocycles. The zero-order valence-corrected chi connectivity index (χ0v) is 10.8. The summed E-state index contributed by atoms with van der Waals surface area (Å²) in [6.45, 7) is 4.35. The number of aryl methyl sites for hydroxylation is 1. The van der Waals surface area contributed by atoms with Crippen molar-refractivity contribution < 1.29 is 19.4 Å². The molecule has 98 valence electrons. The summed E-state index contributed by atoms with van der Waals surface area (Å²) in [7, 11) is 1.56. The number of carbonyl (C=O) groups is 2. The van der Waals surface area contributed by atoms with E-state index in [4.69, 9.17) is 9.84 Å². The molecule has 1 aromatic rings. The predicted molar refractivity (Wildman–Crippen MR) is 68.0 cm³/mol. The number of ether oxygens (including phenoxy) is 1. The van der Waals surface area contributed by atoms with Crippen molar-refractivity contribution in [1.82, 2.24) is 0 Å². The van der Waals surface area contributed by atoms with Gasteiger partial charge in [0, 0.05) is 12.7 Å². The van der Waals surface area contributed by atoms with E-state index in [1.54, 1.807) is 25.2 Å². The smallest absolute Gasteiger partial charge is 0.312 e. The van der Waals surface area contributed by atoms with E-state index in [0.29, 0.717) is 12.3 Å². The van der Waals surface area contributed by atoms with Crippen molar-refractivity contribution in [3.05, 3.63) is 23.8 Å². The van der Waals surface area contributed by atoms with Crippen molar-refractivity contribution in [2.24, 2.45) is 0 Å². The minimum absolute atomic E-state index is 0.453. The van der Waals surface area contributed by atoms with Crippen molar-refractivity contribution in [2.75, 3.05) is 18.6 Å². The molecule has 1 rings (SSSR count). The zero-order valence-electron chi connectivity index (χ0n) is 10.8. The molecular weight excluding hydrogens is 234 g/mol. The molecule has 0 aromatic heterocycles. The van der Waals surface area contributed by atoms with E-state index in [1.165, 1.54) is 4.90 Å². The van der Waals surface area contributed by atoms with Gasteiger partial charge in [-0.15, -0.1) is 0 Å². The van der Waals surface area contributed by atoms with Crippen LogP contribution < -0.4 is 9.64 Å². The van der Waals surface area contributed by atoms with Gasteiger partial charge in [-0.25, -0.2) is 0 Å². The molecule has 0 radical (unpaired) electrons. The van der Waals surface area contributed by atoms with Crippen LogP contribution in [0, 0.1) is 6.92 Å². The molecule has 0 spiro atoms. The SMILES string of the molecule is CCOc1ccc(N(C)C(=O)CC(=O)O)cc1C. The average molecular weight is 251 g/mol. The normalized spacial score (nSPS) is 9.94. The lowest BCUT2D eigenvalue weighted by atomic mass is 10.2. The Morgan fingerprint density at radius 2 is 2.06 bits per heavy atom. The Morgan fingerprint density at radius 1 is 1.39 bits per heavy atom. The number of nitrogens with zero attached hydrogens (tertiary/aromatic N) is 1. The summed E-state index contributed by atoms with van der Waals surface area (Å²) in [5, 5.41) is 8.58. The highest BCUT2D eigenvalue weighted by molar-refractivity contribution is 6.02. The Kier molecular flexibility index (Phi) is 4.71. The number of benzene rings is 1. The van der Waals surface area contributed by atoms with Crippen molar-refractivity contribution in [2.45, 2.75) is 20.3 Å². The van der Waals surface area contributed by atoms with E-state index < -0.39 is 18.3 Å². The molecule has 0 unspecified atom stereocenters. The second-order valence-electron chi connectivity index (χ2n) is 3.91. The lowest BCUT2D eigenvalue weighted by Crippen LogP contribution is -2.28. The van der Waals surface area contributed by atoms with Crippen LogP contribution in [0.1, 0.15) is 18.9 Å². The predicted octanol–water partition coefficient (Wildman–Crippen LogP) is 1.83. The molecule has 1 N–H and O–H groups in total. The van der Waals surface area contributed by atoms with Gasteiger partial charge < -0.3 is 14.7 Å². The molecule has 0 fully saturated rings. The molecule has 0 bridgehead atoms. The third kappa shape index (κ3) is 3.48. The molecule has 0 atom stereocenters. The van der Waals surface area contributed by atoms with Gasteiger partial charge in [0.05, 0.1) is 6.61 Å². The number of carboxylic acid groups (broad SMARTS) is 1. The summed E-state index contributed by atoms with van der Waals surface area (Å²) in [5.41, 5.74) is 1.56. The average Bonchev–Trinajstić information content (AvgIpc) is 2.30. The summed E-state index contributed by atoms with van der Waals surface area (Å²) in [6.07, 6.45) is -0.511. The van der Waals surface area contributed by atoms with Gasteiger partial charge in [0.1, 0.15) is 12.2 Å². The van der Waals surface area contributed by atoms with Crippen molar-refractivity contribution in [1.29, 1.82) is 0 Å². The largest absolute Gasteiger partial charge is 0.494 e. The van der Waals surface area contributed by atoms with Crippen LogP contribution in [0.3, 0.4) is 0 Å². The van der Waals surface area contributed by atoms with Crippen molar-refractivity contribution >= 4 is 17.6 Å². The van der Waals surface area contributed by atoms with E-state index >= 15 is 0 Å². The Morgan fingerprint density at radius 3 is 2.56 bits per heavy atom. The van der Waals surface area contributed by atoms with E-state index in [2.05, 4.69) is 0 Å². The van der Waals surface area contributed by atoms with Crippen LogP contribution in [0.5, 0.6) is 5.75 Å². The number of aliphatic carboxylic acids is 1. The van der Waals surface area contributed by atoms with Gasteiger partial charge in [0.15, 0.2) is 0 Å². The molecule has 1 aromatic carbocycles. The fourth-order valence-electron chi connectivity index (χ4n) is 1.55. The number of amides is 1. The van der Waals surface area contributed by atoms with Gasteiger partial charge in [0.25, 0.3) is 0 Å². The van der Waals surface area contributed by atoms with Crippen LogP contribution in [0.2, 0.25) is 0 Å². The number of rotatable bonds is 5. The highest BCUT2D eigenvalue weighted by Gasteiger charge is 2.15. The second-order valence-corrected chi connectivity index (χ2v) is 3.91. The molecule has 0 heterocycles. The van der Waals surface area contributed by atoms with Gasteiger partial charge in [-0.1, -0.05) is 0 Å². The van der Waals surface area contributed by atoms with Crippen LogP contribution in [-0.4, -0.2) is 30.6 Å². The third-order valence-corrected chi connectivity index (χ3v) is 2.52. The topological polar surface area (TPSA) is 66.8 Å². The summed E-state index contributed by atoms with van der Waals surface area (Å²) in [5.74, 6) is -0.819. The van der Waals surface area contributed by atoms with Gasteiger partial charge >= 0.3 is 5.97 Å². The van der Waals surface area contributed by atoms with Crippen LogP contribution in [0.4, 0.5) is 5.69 Å². The quantitative estimate of drug-likeness (QED) is 0.811. The second kappa shape index (κ2) is 6.05. The van der Waals surface area contributed by atoms with E-state index in [-0.39, 0.29) is 0 Å². The molecular formula is C13H17NO4. The molecule has 5 nitrogen and oxygen atoms in total. The Balaban J connectivity index is 2.87. The van der Waals surface area contributed by atoms with Crippen LogP contribution in [0.25, 0.3) is 0 Å². The summed E-state index contributed by atoms with van der Waals surface area (Å²) in [4.78, 5) is 23.4. The maximum absolute atomic E-state index is 11.6. The van der Waals surface area contributed by atoms with Crippen LogP contribution >= 0.6 is 0 Å². The molecule has 18 heavy (non-hydrogen) atoms. The number of hydrogen-bond donors (Lipinski definition) is 1. The monoisotopic (exact) mass is 251 g/mol. The van der Waals surface area contributed by atoms with Gasteiger partial charge in [0.2, 0.25) is 5.91 Å². The number of carbonyl (C=O) groups excluding carboxylic acids is 1. The number of carboxylic acids is 1. The molecule has 0 saturated heterocycles. The van der Waals surface area contributed by atoms with Gasteiger partial charge in [-0.2, -0.15) is 0 Å². The summed E-state index contributed by atoms with van der Waals surface area (Å²) in [6, 6.07) is 5.31.